The first-order chi connectivity index (χ1) is 5.88. The first-order valence-corrected chi connectivity index (χ1v) is 4.84. The van der Waals surface area contributed by atoms with Crippen LogP contribution in [0.4, 0.5) is 0 Å². The van der Waals surface area contributed by atoms with Gasteiger partial charge in [0.25, 0.3) is 0 Å². The van der Waals surface area contributed by atoms with E-state index >= 15 is 0 Å². The van der Waals surface area contributed by atoms with Gasteiger partial charge in [0.2, 0.25) is 5.91 Å². The Labute approximate surface area is 81.1 Å². The van der Waals surface area contributed by atoms with Gasteiger partial charge in [0.15, 0.2) is 0 Å². The number of rotatable bonds is 4. The Morgan fingerprint density at radius 2 is 2.00 bits per heavy atom. The molecular formula is C10H22N2O. The SMILES string of the molecule is CC(CC(=O)NCCN)C(C)(C)C. The molecule has 0 rings (SSSR count). The van der Waals surface area contributed by atoms with Gasteiger partial charge in [0.1, 0.15) is 0 Å². The molecular weight excluding hydrogens is 164 g/mol. The van der Waals surface area contributed by atoms with E-state index < -0.39 is 0 Å². The zero-order valence-electron chi connectivity index (χ0n) is 9.18. The van der Waals surface area contributed by atoms with E-state index in [0.29, 0.717) is 25.4 Å². The minimum absolute atomic E-state index is 0.105. The minimum Gasteiger partial charge on any atom is -0.355 e. The van der Waals surface area contributed by atoms with Gasteiger partial charge in [-0.05, 0) is 11.3 Å². The molecule has 1 amide bonds. The lowest BCUT2D eigenvalue weighted by Gasteiger charge is -2.26. The molecule has 0 radical (unpaired) electrons. The Hall–Kier alpha value is -0.570. The largest absolute Gasteiger partial charge is 0.355 e. The van der Waals surface area contributed by atoms with Crippen molar-refractivity contribution in [3.05, 3.63) is 0 Å². The van der Waals surface area contributed by atoms with Crippen molar-refractivity contribution in [2.24, 2.45) is 17.1 Å². The zero-order chi connectivity index (χ0) is 10.5. The maximum atomic E-state index is 11.3. The van der Waals surface area contributed by atoms with Crippen LogP contribution in [0.1, 0.15) is 34.1 Å². The number of carbonyl (C=O) groups excluding carboxylic acids is 1. The Morgan fingerprint density at radius 1 is 1.46 bits per heavy atom. The Balaban J connectivity index is 3.79. The van der Waals surface area contributed by atoms with Crippen LogP contribution in [0.25, 0.3) is 0 Å². The molecule has 0 aliphatic rings. The van der Waals surface area contributed by atoms with Crippen LogP contribution >= 0.6 is 0 Å². The molecule has 1 unspecified atom stereocenters. The molecule has 0 aliphatic carbocycles. The van der Waals surface area contributed by atoms with Gasteiger partial charge in [0.05, 0.1) is 0 Å². The predicted molar refractivity (Wildman–Crippen MR) is 55.3 cm³/mol. The monoisotopic (exact) mass is 186 g/mol. The Morgan fingerprint density at radius 3 is 2.38 bits per heavy atom. The van der Waals surface area contributed by atoms with E-state index in [2.05, 4.69) is 33.0 Å². The summed E-state index contributed by atoms with van der Waals surface area (Å²) in [6.45, 7) is 9.63. The van der Waals surface area contributed by atoms with E-state index in [4.69, 9.17) is 5.73 Å². The van der Waals surface area contributed by atoms with Gasteiger partial charge in [-0.15, -0.1) is 0 Å². The summed E-state index contributed by atoms with van der Waals surface area (Å²) in [4.78, 5) is 11.3. The van der Waals surface area contributed by atoms with Gasteiger partial charge in [-0.3, -0.25) is 4.79 Å². The van der Waals surface area contributed by atoms with Crippen molar-refractivity contribution in [3.63, 3.8) is 0 Å². The van der Waals surface area contributed by atoms with E-state index in [1.807, 2.05) is 0 Å². The third kappa shape index (κ3) is 5.64. The van der Waals surface area contributed by atoms with Gasteiger partial charge < -0.3 is 11.1 Å². The zero-order valence-corrected chi connectivity index (χ0v) is 9.18. The smallest absolute Gasteiger partial charge is 0.220 e. The fraction of sp³-hybridized carbons (Fsp3) is 0.900. The van der Waals surface area contributed by atoms with Crippen LogP contribution in [0.3, 0.4) is 0 Å². The van der Waals surface area contributed by atoms with Crippen LogP contribution < -0.4 is 11.1 Å². The van der Waals surface area contributed by atoms with Crippen LogP contribution in [0.2, 0.25) is 0 Å². The quantitative estimate of drug-likeness (QED) is 0.691. The molecule has 0 aliphatic heterocycles. The molecule has 3 N–H and O–H groups in total. The van der Waals surface area contributed by atoms with Crippen molar-refractivity contribution >= 4 is 5.91 Å². The molecule has 0 saturated heterocycles. The molecule has 0 fully saturated rings. The molecule has 0 spiro atoms. The fourth-order valence-electron chi connectivity index (χ4n) is 0.868. The standard InChI is InChI=1S/C10H22N2O/c1-8(10(2,3)4)7-9(13)12-6-5-11/h8H,5-7,11H2,1-4H3,(H,12,13). The van der Waals surface area contributed by atoms with E-state index in [1.165, 1.54) is 0 Å². The van der Waals surface area contributed by atoms with Crippen molar-refractivity contribution in [2.45, 2.75) is 34.1 Å². The molecule has 1 atom stereocenters. The molecule has 13 heavy (non-hydrogen) atoms. The van der Waals surface area contributed by atoms with Gasteiger partial charge in [-0.2, -0.15) is 0 Å². The summed E-state index contributed by atoms with van der Waals surface area (Å²) in [7, 11) is 0. The summed E-state index contributed by atoms with van der Waals surface area (Å²) >= 11 is 0. The molecule has 3 heteroatoms. The van der Waals surface area contributed by atoms with Crippen molar-refractivity contribution in [1.82, 2.24) is 5.32 Å². The maximum Gasteiger partial charge on any atom is 0.220 e. The molecule has 78 valence electrons. The third-order valence-corrected chi connectivity index (χ3v) is 2.44. The number of nitrogens with two attached hydrogens (primary N) is 1. The summed E-state index contributed by atoms with van der Waals surface area (Å²) in [5.41, 5.74) is 5.47. The number of hydrogen-bond acceptors (Lipinski definition) is 2. The summed E-state index contributed by atoms with van der Waals surface area (Å²) in [6.07, 6.45) is 0.587. The second-order valence-corrected chi connectivity index (χ2v) is 4.61. The summed E-state index contributed by atoms with van der Waals surface area (Å²) in [6, 6.07) is 0. The second kappa shape index (κ2) is 5.22. The molecule has 3 nitrogen and oxygen atoms in total. The average Bonchev–Trinajstić information content (AvgIpc) is 1.99. The number of nitrogens with one attached hydrogen (secondary N) is 1. The van der Waals surface area contributed by atoms with Gasteiger partial charge >= 0.3 is 0 Å². The fourth-order valence-corrected chi connectivity index (χ4v) is 0.868. The van der Waals surface area contributed by atoms with Crippen molar-refractivity contribution in [1.29, 1.82) is 0 Å². The van der Waals surface area contributed by atoms with Gasteiger partial charge in [0, 0.05) is 19.5 Å². The average molecular weight is 186 g/mol. The highest BCUT2D eigenvalue weighted by atomic mass is 16.1. The van der Waals surface area contributed by atoms with Crippen LogP contribution in [0.5, 0.6) is 0 Å². The van der Waals surface area contributed by atoms with E-state index in [-0.39, 0.29) is 11.3 Å². The normalized spacial score (nSPS) is 13.9. The molecule has 0 aromatic heterocycles. The topological polar surface area (TPSA) is 55.1 Å². The molecule has 0 saturated carbocycles. The Kier molecular flexibility index (Phi) is 4.99. The van der Waals surface area contributed by atoms with Crippen LogP contribution in [0.15, 0.2) is 0 Å². The first kappa shape index (κ1) is 12.4. The predicted octanol–water partition coefficient (Wildman–Crippen LogP) is 1.13. The minimum atomic E-state index is 0.105. The lowest BCUT2D eigenvalue weighted by molar-refractivity contribution is -0.122. The summed E-state index contributed by atoms with van der Waals surface area (Å²) in [5.74, 6) is 0.498. The number of amides is 1. The van der Waals surface area contributed by atoms with E-state index in [9.17, 15) is 4.79 Å². The van der Waals surface area contributed by atoms with Gasteiger partial charge in [-0.25, -0.2) is 0 Å². The highest BCUT2D eigenvalue weighted by molar-refractivity contribution is 5.76. The summed E-state index contributed by atoms with van der Waals surface area (Å²) < 4.78 is 0. The molecule has 0 aromatic rings. The molecule has 0 aromatic carbocycles. The molecule has 0 bridgehead atoms. The lowest BCUT2D eigenvalue weighted by atomic mass is 9.80. The van der Waals surface area contributed by atoms with Gasteiger partial charge in [-0.1, -0.05) is 27.7 Å². The number of carbonyl (C=O) groups is 1. The van der Waals surface area contributed by atoms with E-state index in [1.54, 1.807) is 0 Å². The van der Waals surface area contributed by atoms with Crippen molar-refractivity contribution in [3.8, 4) is 0 Å². The first-order valence-electron chi connectivity index (χ1n) is 4.84. The summed E-state index contributed by atoms with van der Waals surface area (Å²) in [5, 5.41) is 2.77. The van der Waals surface area contributed by atoms with Crippen LogP contribution in [-0.2, 0) is 4.79 Å². The molecule has 0 heterocycles. The lowest BCUT2D eigenvalue weighted by Crippen LogP contribution is -2.32. The maximum absolute atomic E-state index is 11.3. The van der Waals surface area contributed by atoms with Crippen LogP contribution in [0, 0.1) is 11.3 Å². The second-order valence-electron chi connectivity index (χ2n) is 4.61. The van der Waals surface area contributed by atoms with Crippen molar-refractivity contribution < 1.29 is 4.79 Å². The highest BCUT2D eigenvalue weighted by Crippen LogP contribution is 2.27. The third-order valence-electron chi connectivity index (χ3n) is 2.44. The highest BCUT2D eigenvalue weighted by Gasteiger charge is 2.22. The van der Waals surface area contributed by atoms with Crippen LogP contribution in [-0.4, -0.2) is 19.0 Å². The Bertz CT molecular complexity index is 161. The van der Waals surface area contributed by atoms with Crippen molar-refractivity contribution in [2.75, 3.05) is 13.1 Å². The number of hydrogen-bond donors (Lipinski definition) is 2. The van der Waals surface area contributed by atoms with E-state index in [0.717, 1.165) is 0 Å².